The summed E-state index contributed by atoms with van der Waals surface area (Å²) in [5.74, 6) is 1.35. The Balaban J connectivity index is 1.44. The van der Waals surface area contributed by atoms with E-state index in [2.05, 4.69) is 21.2 Å². The lowest BCUT2D eigenvalue weighted by Crippen LogP contribution is -2.50. The van der Waals surface area contributed by atoms with Gasteiger partial charge >= 0.3 is 0 Å². The summed E-state index contributed by atoms with van der Waals surface area (Å²) in [6.07, 6.45) is 6.45. The average Bonchev–Trinajstić information content (AvgIpc) is 2.86. The van der Waals surface area contributed by atoms with Gasteiger partial charge in [0.15, 0.2) is 11.5 Å². The van der Waals surface area contributed by atoms with Gasteiger partial charge in [-0.05, 0) is 61.6 Å². The molecular weight excluding hydrogens is 496 g/mol. The molecule has 2 aromatic rings. The molecule has 0 bridgehead atoms. The molecule has 0 unspecified atom stereocenters. The lowest BCUT2D eigenvalue weighted by molar-refractivity contribution is -0.141. The fourth-order valence-corrected chi connectivity index (χ4v) is 5.07. The summed E-state index contributed by atoms with van der Waals surface area (Å²) in [6.45, 7) is 3.30. The van der Waals surface area contributed by atoms with Crippen molar-refractivity contribution in [1.29, 1.82) is 0 Å². The van der Waals surface area contributed by atoms with E-state index in [1.807, 2.05) is 49.4 Å². The second kappa shape index (κ2) is 11.7. The molecule has 1 saturated carbocycles. The van der Waals surface area contributed by atoms with Crippen LogP contribution in [0, 0.1) is 0 Å². The standard InChI is InChI=1S/C27H33BrN2O4/c1-19(27(32)29-23-8-3-2-4-9-23)30(18-21-6-5-7-22(28)16-21)26(31)13-11-20-10-12-24-25(17-20)34-15-14-33-24/h5-7,10,12,16-17,19,23H,2-4,8-9,11,13-15,18H2,1H3,(H,29,32)/t19-/m1/s1. The Bertz CT molecular complexity index is 1010. The van der Waals surface area contributed by atoms with Crippen molar-refractivity contribution in [3.05, 3.63) is 58.1 Å². The lowest BCUT2D eigenvalue weighted by Gasteiger charge is -2.31. The van der Waals surface area contributed by atoms with Crippen molar-refractivity contribution in [2.24, 2.45) is 0 Å². The second-order valence-electron chi connectivity index (χ2n) is 9.15. The molecule has 34 heavy (non-hydrogen) atoms. The van der Waals surface area contributed by atoms with Crippen molar-refractivity contribution in [2.75, 3.05) is 13.2 Å². The van der Waals surface area contributed by atoms with Crippen LogP contribution in [0.15, 0.2) is 46.9 Å². The van der Waals surface area contributed by atoms with Gasteiger partial charge in [0, 0.05) is 23.5 Å². The number of halogens is 1. The second-order valence-corrected chi connectivity index (χ2v) is 10.1. The van der Waals surface area contributed by atoms with Gasteiger partial charge in [0.05, 0.1) is 0 Å². The first kappa shape index (κ1) is 24.6. The maximum atomic E-state index is 13.4. The number of aryl methyl sites for hydroxylation is 1. The highest BCUT2D eigenvalue weighted by molar-refractivity contribution is 9.10. The first-order valence-corrected chi connectivity index (χ1v) is 13.0. The van der Waals surface area contributed by atoms with Crippen LogP contribution in [-0.4, -0.2) is 42.0 Å². The van der Waals surface area contributed by atoms with Crippen molar-refractivity contribution in [3.8, 4) is 11.5 Å². The minimum Gasteiger partial charge on any atom is -0.486 e. The highest BCUT2D eigenvalue weighted by Crippen LogP contribution is 2.31. The topological polar surface area (TPSA) is 67.9 Å². The van der Waals surface area contributed by atoms with E-state index < -0.39 is 6.04 Å². The smallest absolute Gasteiger partial charge is 0.242 e. The fraction of sp³-hybridized carbons (Fsp3) is 0.481. The molecule has 2 aromatic carbocycles. The molecular formula is C27H33BrN2O4. The molecule has 7 heteroatoms. The van der Waals surface area contributed by atoms with E-state index in [1.54, 1.807) is 4.90 Å². The molecule has 1 aliphatic heterocycles. The Labute approximate surface area is 210 Å². The number of nitrogens with zero attached hydrogens (tertiary/aromatic N) is 1. The van der Waals surface area contributed by atoms with Gasteiger partial charge in [0.25, 0.3) is 0 Å². The zero-order chi connectivity index (χ0) is 23.9. The third-order valence-electron chi connectivity index (χ3n) is 6.59. The van der Waals surface area contributed by atoms with Gasteiger partial charge in [-0.25, -0.2) is 0 Å². The molecule has 2 amide bonds. The average molecular weight is 529 g/mol. The summed E-state index contributed by atoms with van der Waals surface area (Å²) in [4.78, 5) is 28.2. The van der Waals surface area contributed by atoms with E-state index in [-0.39, 0.29) is 17.9 Å². The highest BCUT2D eigenvalue weighted by atomic mass is 79.9. The molecule has 4 rings (SSSR count). The third kappa shape index (κ3) is 6.53. The van der Waals surface area contributed by atoms with Gasteiger partial charge < -0.3 is 19.7 Å². The Morgan fingerprint density at radius 1 is 1.03 bits per heavy atom. The van der Waals surface area contributed by atoms with Crippen LogP contribution in [0.2, 0.25) is 0 Å². The Morgan fingerprint density at radius 2 is 1.79 bits per heavy atom. The van der Waals surface area contributed by atoms with Gasteiger partial charge in [-0.15, -0.1) is 0 Å². The van der Waals surface area contributed by atoms with E-state index in [1.165, 1.54) is 6.42 Å². The van der Waals surface area contributed by atoms with Crippen LogP contribution >= 0.6 is 15.9 Å². The molecule has 1 N–H and O–H groups in total. The molecule has 0 saturated heterocycles. The van der Waals surface area contributed by atoms with Gasteiger partial charge in [0.2, 0.25) is 11.8 Å². The molecule has 6 nitrogen and oxygen atoms in total. The van der Waals surface area contributed by atoms with Crippen LogP contribution in [0.3, 0.4) is 0 Å². The highest BCUT2D eigenvalue weighted by Gasteiger charge is 2.28. The number of nitrogens with one attached hydrogen (secondary N) is 1. The number of hydrogen-bond donors (Lipinski definition) is 1. The van der Waals surface area contributed by atoms with Crippen LogP contribution in [0.25, 0.3) is 0 Å². The zero-order valence-corrected chi connectivity index (χ0v) is 21.3. The predicted octanol–water partition coefficient (Wildman–Crippen LogP) is 5.02. The summed E-state index contributed by atoms with van der Waals surface area (Å²) < 4.78 is 12.2. The predicted molar refractivity (Wildman–Crippen MR) is 135 cm³/mol. The van der Waals surface area contributed by atoms with E-state index in [4.69, 9.17) is 9.47 Å². The number of amides is 2. The van der Waals surface area contributed by atoms with Crippen LogP contribution in [0.1, 0.15) is 56.6 Å². The number of ether oxygens (including phenoxy) is 2. The lowest BCUT2D eigenvalue weighted by atomic mass is 9.95. The molecule has 182 valence electrons. The van der Waals surface area contributed by atoms with Crippen molar-refractivity contribution in [1.82, 2.24) is 10.2 Å². The van der Waals surface area contributed by atoms with E-state index in [9.17, 15) is 9.59 Å². The maximum absolute atomic E-state index is 13.4. The summed E-state index contributed by atoms with van der Waals surface area (Å²) in [5, 5.41) is 3.19. The zero-order valence-electron chi connectivity index (χ0n) is 19.7. The molecule has 1 atom stereocenters. The van der Waals surface area contributed by atoms with Gasteiger partial charge in [-0.3, -0.25) is 9.59 Å². The molecule has 1 aliphatic carbocycles. The van der Waals surface area contributed by atoms with Crippen LogP contribution < -0.4 is 14.8 Å². The van der Waals surface area contributed by atoms with Gasteiger partial charge in [-0.2, -0.15) is 0 Å². The Kier molecular flexibility index (Phi) is 8.48. The Hall–Kier alpha value is -2.54. The summed E-state index contributed by atoms with van der Waals surface area (Å²) in [6, 6.07) is 13.4. The van der Waals surface area contributed by atoms with Gasteiger partial charge in [0.1, 0.15) is 19.3 Å². The number of carbonyl (C=O) groups is 2. The summed E-state index contributed by atoms with van der Waals surface area (Å²) in [7, 11) is 0. The molecule has 0 aromatic heterocycles. The largest absolute Gasteiger partial charge is 0.486 e. The minimum absolute atomic E-state index is 0.0406. The normalized spacial score (nSPS) is 16.5. The Morgan fingerprint density at radius 3 is 2.56 bits per heavy atom. The first-order valence-electron chi connectivity index (χ1n) is 12.2. The van der Waals surface area contributed by atoms with Crippen molar-refractivity contribution < 1.29 is 19.1 Å². The van der Waals surface area contributed by atoms with E-state index >= 15 is 0 Å². The van der Waals surface area contributed by atoms with Crippen LogP contribution in [0.5, 0.6) is 11.5 Å². The molecule has 0 spiro atoms. The number of hydrogen-bond acceptors (Lipinski definition) is 4. The number of benzene rings is 2. The molecule has 0 radical (unpaired) electrons. The molecule has 1 heterocycles. The van der Waals surface area contributed by atoms with Crippen LogP contribution in [0.4, 0.5) is 0 Å². The number of carbonyl (C=O) groups excluding carboxylic acids is 2. The summed E-state index contributed by atoms with van der Waals surface area (Å²) >= 11 is 3.51. The molecule has 1 fully saturated rings. The van der Waals surface area contributed by atoms with E-state index in [0.29, 0.717) is 32.6 Å². The molecule has 2 aliphatic rings. The van der Waals surface area contributed by atoms with Crippen molar-refractivity contribution in [2.45, 2.75) is 70.5 Å². The summed E-state index contributed by atoms with van der Waals surface area (Å²) in [5.41, 5.74) is 2.00. The van der Waals surface area contributed by atoms with Crippen molar-refractivity contribution in [3.63, 3.8) is 0 Å². The monoisotopic (exact) mass is 528 g/mol. The van der Waals surface area contributed by atoms with Crippen LogP contribution in [-0.2, 0) is 22.6 Å². The van der Waals surface area contributed by atoms with Crippen molar-refractivity contribution >= 4 is 27.7 Å². The third-order valence-corrected chi connectivity index (χ3v) is 7.09. The quantitative estimate of drug-likeness (QED) is 0.522. The number of rotatable bonds is 8. The minimum atomic E-state index is -0.548. The van der Waals surface area contributed by atoms with E-state index in [0.717, 1.165) is 52.8 Å². The maximum Gasteiger partial charge on any atom is 0.242 e. The fourth-order valence-electron chi connectivity index (χ4n) is 4.62. The van der Waals surface area contributed by atoms with Gasteiger partial charge in [-0.1, -0.05) is 53.4 Å². The number of fused-ring (bicyclic) bond motifs is 1. The SMILES string of the molecule is C[C@H](C(=O)NC1CCCCC1)N(Cc1cccc(Br)c1)C(=O)CCc1ccc2c(c1)OCCO2. The first-order chi connectivity index (χ1) is 16.5.